The molecule has 8 rings (SSSR count). The smallest absolute Gasteiger partial charge is 0.257 e. The van der Waals surface area contributed by atoms with E-state index >= 15 is 0 Å². The summed E-state index contributed by atoms with van der Waals surface area (Å²) in [6.07, 6.45) is 16.9. The number of nitrogens with one attached hydrogen (secondary N) is 1. The van der Waals surface area contributed by atoms with Crippen molar-refractivity contribution in [3.05, 3.63) is 66.5 Å². The Morgan fingerprint density at radius 2 is 1.76 bits per heavy atom. The number of aromatic nitrogens is 9. The van der Waals surface area contributed by atoms with E-state index in [0.29, 0.717) is 58.8 Å². The highest BCUT2D eigenvalue weighted by molar-refractivity contribution is 6.32. The highest BCUT2D eigenvalue weighted by Crippen LogP contribution is 2.40. The van der Waals surface area contributed by atoms with Crippen LogP contribution in [0.15, 0.2) is 60.0 Å². The number of oxazole rings is 1. The van der Waals surface area contributed by atoms with Crippen LogP contribution in [-0.4, -0.2) is 87.3 Å². The lowest BCUT2D eigenvalue weighted by molar-refractivity contribution is -0.0458. The van der Waals surface area contributed by atoms with Gasteiger partial charge in [0, 0.05) is 36.1 Å². The molecule has 3 aliphatic rings. The van der Waals surface area contributed by atoms with Gasteiger partial charge in [0.25, 0.3) is 5.88 Å². The average Bonchev–Trinajstić information content (AvgIpc) is 3.94. The van der Waals surface area contributed by atoms with E-state index in [9.17, 15) is 0 Å². The maximum Gasteiger partial charge on any atom is 0.257 e. The first-order valence-electron chi connectivity index (χ1n) is 16.8. The fourth-order valence-electron chi connectivity index (χ4n) is 7.30. The molecule has 2 bridgehead atoms. The third kappa shape index (κ3) is 7.09. The monoisotopic (exact) mass is 687 g/mol. The first-order valence-corrected chi connectivity index (χ1v) is 17.2. The second-order valence-electron chi connectivity index (χ2n) is 12.9. The molecule has 2 saturated heterocycles. The molecule has 0 radical (unpaired) electrons. The van der Waals surface area contributed by atoms with Crippen LogP contribution in [0, 0.1) is 0 Å². The van der Waals surface area contributed by atoms with Crippen molar-refractivity contribution < 1.29 is 18.6 Å². The van der Waals surface area contributed by atoms with Gasteiger partial charge in [0.1, 0.15) is 30.1 Å². The van der Waals surface area contributed by atoms with E-state index in [4.69, 9.17) is 35.3 Å². The second-order valence-corrected chi connectivity index (χ2v) is 13.3. The Balaban J connectivity index is 0.952. The maximum absolute atomic E-state index is 6.46. The molecule has 1 aliphatic carbocycles. The average molecular weight is 688 g/mol. The molecular formula is C33H38ClN11O4. The number of benzene rings is 1. The summed E-state index contributed by atoms with van der Waals surface area (Å²) in [5.74, 6) is 1.87. The summed E-state index contributed by atoms with van der Waals surface area (Å²) in [5.41, 5.74) is 2.34. The van der Waals surface area contributed by atoms with Gasteiger partial charge >= 0.3 is 0 Å². The SMILES string of the molecule is C[C@@H](Cn1cnnn1)Oc1cc(-c2cnc(Nc3cn(C4CCC(N5[C@@H]6CC[C@H]5COC6)CC4)nc3OCc3ncco3)nc2)ccc1Cl. The predicted octanol–water partition coefficient (Wildman–Crippen LogP) is 5.11. The van der Waals surface area contributed by atoms with Crippen molar-refractivity contribution in [3.8, 4) is 22.8 Å². The largest absolute Gasteiger partial charge is 0.487 e. The van der Waals surface area contributed by atoms with Crippen molar-refractivity contribution in [2.24, 2.45) is 0 Å². The van der Waals surface area contributed by atoms with Gasteiger partial charge in [-0.3, -0.25) is 9.58 Å². The van der Waals surface area contributed by atoms with Crippen molar-refractivity contribution in [2.75, 3.05) is 18.5 Å². The highest BCUT2D eigenvalue weighted by Gasteiger charge is 2.42. The van der Waals surface area contributed by atoms with E-state index < -0.39 is 0 Å². The van der Waals surface area contributed by atoms with E-state index in [2.05, 4.69) is 40.7 Å². The van der Waals surface area contributed by atoms with Gasteiger partial charge in [-0.05, 0) is 73.6 Å². The molecule has 256 valence electrons. The molecule has 6 heterocycles. The zero-order valence-electron chi connectivity index (χ0n) is 27.1. The molecule has 0 unspecified atom stereocenters. The Hall–Kier alpha value is -4.60. The summed E-state index contributed by atoms with van der Waals surface area (Å²) < 4.78 is 27.1. The molecular weight excluding hydrogens is 650 g/mol. The molecule has 0 spiro atoms. The number of rotatable bonds is 12. The quantitative estimate of drug-likeness (QED) is 0.185. The van der Waals surface area contributed by atoms with Gasteiger partial charge in [0.2, 0.25) is 11.8 Å². The van der Waals surface area contributed by atoms with Gasteiger partial charge in [-0.15, -0.1) is 10.2 Å². The zero-order chi connectivity index (χ0) is 33.2. The van der Waals surface area contributed by atoms with Crippen molar-refractivity contribution in [2.45, 2.75) is 88.9 Å². The Bertz CT molecular complexity index is 1790. The molecule has 49 heavy (non-hydrogen) atoms. The third-order valence-electron chi connectivity index (χ3n) is 9.60. The topological polar surface area (TPSA) is 156 Å². The maximum atomic E-state index is 6.46. The van der Waals surface area contributed by atoms with Crippen LogP contribution in [0.1, 0.15) is 57.4 Å². The molecule has 1 N–H and O–H groups in total. The van der Waals surface area contributed by atoms with Crippen molar-refractivity contribution in [3.63, 3.8) is 0 Å². The van der Waals surface area contributed by atoms with Gasteiger partial charge in [0.15, 0.2) is 6.61 Å². The van der Waals surface area contributed by atoms with Crippen LogP contribution >= 0.6 is 11.6 Å². The van der Waals surface area contributed by atoms with E-state index in [1.54, 1.807) is 35.7 Å². The molecule has 1 aromatic carbocycles. The fourth-order valence-corrected chi connectivity index (χ4v) is 7.46. The Morgan fingerprint density at radius 3 is 2.49 bits per heavy atom. The second kappa shape index (κ2) is 14.1. The van der Waals surface area contributed by atoms with Crippen LogP contribution in [0.4, 0.5) is 11.6 Å². The van der Waals surface area contributed by atoms with Crippen LogP contribution in [0.5, 0.6) is 11.6 Å². The first-order chi connectivity index (χ1) is 24.1. The number of tetrazole rings is 1. The van der Waals surface area contributed by atoms with Crippen LogP contribution < -0.4 is 14.8 Å². The lowest BCUT2D eigenvalue weighted by Crippen LogP contribution is -2.52. The number of morpholine rings is 1. The molecule has 4 aromatic heterocycles. The minimum absolute atomic E-state index is 0.153. The number of anilines is 2. The van der Waals surface area contributed by atoms with E-state index in [0.717, 1.165) is 50.0 Å². The van der Waals surface area contributed by atoms with Gasteiger partial charge in [0.05, 0.1) is 43.2 Å². The molecule has 3 atom stereocenters. The number of fused-ring (bicyclic) bond motifs is 2. The number of nitrogens with zero attached hydrogens (tertiary/aromatic N) is 10. The molecule has 5 aromatic rings. The number of hydrogen-bond acceptors (Lipinski definition) is 13. The molecule has 2 aliphatic heterocycles. The Kier molecular flexibility index (Phi) is 9.11. The Morgan fingerprint density at radius 1 is 0.980 bits per heavy atom. The van der Waals surface area contributed by atoms with Crippen molar-refractivity contribution in [1.82, 2.24) is 49.8 Å². The van der Waals surface area contributed by atoms with Crippen LogP contribution in [-0.2, 0) is 17.9 Å². The fraction of sp³-hybridized carbons (Fsp3) is 0.485. The van der Waals surface area contributed by atoms with Gasteiger partial charge in [-0.25, -0.2) is 19.6 Å². The van der Waals surface area contributed by atoms with Crippen molar-refractivity contribution >= 4 is 23.2 Å². The first kappa shape index (κ1) is 31.7. The summed E-state index contributed by atoms with van der Waals surface area (Å²) in [7, 11) is 0. The molecule has 15 nitrogen and oxygen atoms in total. The molecule has 16 heteroatoms. The van der Waals surface area contributed by atoms with E-state index in [-0.39, 0.29) is 18.8 Å². The van der Waals surface area contributed by atoms with Gasteiger partial charge in [-0.1, -0.05) is 17.7 Å². The van der Waals surface area contributed by atoms with Crippen LogP contribution in [0.25, 0.3) is 11.1 Å². The molecule has 0 amide bonds. The number of hydrogen-bond donors (Lipinski definition) is 1. The number of ether oxygens (including phenoxy) is 3. The highest BCUT2D eigenvalue weighted by atomic mass is 35.5. The number of halogens is 1. The summed E-state index contributed by atoms with van der Waals surface area (Å²) >= 11 is 6.46. The normalized spacial score (nSPS) is 23.0. The summed E-state index contributed by atoms with van der Waals surface area (Å²) in [5, 5.41) is 19.9. The minimum Gasteiger partial charge on any atom is -0.487 e. The minimum atomic E-state index is -0.213. The van der Waals surface area contributed by atoms with Crippen molar-refractivity contribution in [1.29, 1.82) is 0 Å². The van der Waals surface area contributed by atoms with Crippen LogP contribution in [0.2, 0.25) is 5.02 Å². The van der Waals surface area contributed by atoms with Gasteiger partial charge < -0.3 is 23.9 Å². The van der Waals surface area contributed by atoms with Gasteiger partial charge in [-0.2, -0.15) is 0 Å². The third-order valence-corrected chi connectivity index (χ3v) is 9.91. The molecule has 1 saturated carbocycles. The summed E-state index contributed by atoms with van der Waals surface area (Å²) in [6, 6.07) is 7.63. The Labute approximate surface area is 287 Å². The van der Waals surface area contributed by atoms with Crippen LogP contribution in [0.3, 0.4) is 0 Å². The van der Waals surface area contributed by atoms with E-state index in [1.807, 2.05) is 29.9 Å². The van der Waals surface area contributed by atoms with E-state index in [1.165, 1.54) is 19.1 Å². The lowest BCUT2D eigenvalue weighted by atomic mass is 9.89. The zero-order valence-corrected chi connectivity index (χ0v) is 27.9. The standard InChI is InChI=1S/C33H38ClN11O4/c1-21(15-43-20-38-41-42-43)49-30-12-22(2-9-28(30)34)23-13-36-33(37-14-23)39-29-16-44(40-32(29)48-19-31-35-10-11-47-31)24-3-5-25(6-4-24)45-26-7-8-27(45)18-46-17-26/h2,9-14,16,20-21,24-27H,3-8,15,17-19H2,1H3,(H,36,37,39)/t21-,24?,25?,26-,27+/m0/s1. The summed E-state index contributed by atoms with van der Waals surface area (Å²) in [4.78, 5) is 16.2. The summed E-state index contributed by atoms with van der Waals surface area (Å²) in [6.45, 7) is 4.31. The predicted molar refractivity (Wildman–Crippen MR) is 177 cm³/mol. The molecule has 3 fully saturated rings. The lowest BCUT2D eigenvalue weighted by Gasteiger charge is -2.43.